The molecule has 84 valence electrons. The minimum Gasteiger partial charge on any atom is -0.330 e. The highest BCUT2D eigenvalue weighted by Crippen LogP contribution is 2.27. The minimum atomic E-state index is 0.405. The molecule has 16 heavy (non-hydrogen) atoms. The second kappa shape index (κ2) is 5.23. The van der Waals surface area contributed by atoms with Gasteiger partial charge in [-0.2, -0.15) is 0 Å². The van der Waals surface area contributed by atoms with E-state index >= 15 is 0 Å². The van der Waals surface area contributed by atoms with Gasteiger partial charge in [-0.25, -0.2) is 4.98 Å². The Balaban J connectivity index is 2.26. The Kier molecular flexibility index (Phi) is 3.70. The average molecular weight is 232 g/mol. The van der Waals surface area contributed by atoms with Gasteiger partial charge in [0.2, 0.25) is 0 Å². The van der Waals surface area contributed by atoms with Crippen LogP contribution in [0.3, 0.4) is 0 Å². The number of hydrogen-bond donors (Lipinski definition) is 1. The normalized spacial score (nSPS) is 12.6. The van der Waals surface area contributed by atoms with Gasteiger partial charge in [0.25, 0.3) is 0 Å². The first-order chi connectivity index (χ1) is 7.85. The zero-order chi connectivity index (χ0) is 11.4. The fraction of sp³-hybridized carbons (Fsp3) is 0.308. The molecule has 2 aromatic rings. The van der Waals surface area contributed by atoms with E-state index in [0.29, 0.717) is 12.5 Å². The van der Waals surface area contributed by atoms with E-state index in [1.165, 1.54) is 5.56 Å². The molecule has 0 aliphatic carbocycles. The Morgan fingerprint density at radius 1 is 1.31 bits per heavy atom. The average Bonchev–Trinajstić information content (AvgIpc) is 2.81. The van der Waals surface area contributed by atoms with Gasteiger partial charge in [-0.05, 0) is 6.42 Å². The van der Waals surface area contributed by atoms with Crippen LogP contribution in [-0.4, -0.2) is 11.5 Å². The summed E-state index contributed by atoms with van der Waals surface area (Å²) < 4.78 is 0. The van der Waals surface area contributed by atoms with Crippen molar-refractivity contribution >= 4 is 11.3 Å². The second-order valence-electron chi connectivity index (χ2n) is 3.78. The fourth-order valence-corrected chi connectivity index (χ4v) is 2.69. The number of nitrogens with zero attached hydrogens (tertiary/aromatic N) is 1. The maximum absolute atomic E-state index is 5.73. The van der Waals surface area contributed by atoms with Crippen molar-refractivity contribution in [2.75, 3.05) is 6.54 Å². The number of nitrogens with two attached hydrogens (primary N) is 1. The van der Waals surface area contributed by atoms with Crippen LogP contribution in [0.1, 0.15) is 24.3 Å². The summed E-state index contributed by atoms with van der Waals surface area (Å²) in [6, 6.07) is 10.3. The molecule has 1 unspecified atom stereocenters. The van der Waals surface area contributed by atoms with Crippen molar-refractivity contribution in [1.29, 1.82) is 0 Å². The fourth-order valence-electron chi connectivity index (χ4n) is 1.66. The van der Waals surface area contributed by atoms with Gasteiger partial charge in [-0.1, -0.05) is 37.3 Å². The second-order valence-corrected chi connectivity index (χ2v) is 4.67. The van der Waals surface area contributed by atoms with Gasteiger partial charge in [-0.15, -0.1) is 11.3 Å². The molecular formula is C13H16N2S. The lowest BCUT2D eigenvalue weighted by Crippen LogP contribution is -2.11. The molecule has 2 N–H and O–H groups in total. The molecule has 0 amide bonds. The van der Waals surface area contributed by atoms with Gasteiger partial charge in [0, 0.05) is 23.4 Å². The Morgan fingerprint density at radius 2 is 2.06 bits per heavy atom. The van der Waals surface area contributed by atoms with Crippen molar-refractivity contribution in [2.24, 2.45) is 5.73 Å². The zero-order valence-corrected chi connectivity index (χ0v) is 10.2. The van der Waals surface area contributed by atoms with Crippen molar-refractivity contribution in [1.82, 2.24) is 4.98 Å². The molecular weight excluding hydrogens is 216 g/mol. The summed E-state index contributed by atoms with van der Waals surface area (Å²) in [5, 5.41) is 3.27. The molecule has 0 saturated carbocycles. The van der Waals surface area contributed by atoms with Crippen LogP contribution in [0.4, 0.5) is 0 Å². The Labute approximate surface area is 100 Å². The first-order valence-corrected chi connectivity index (χ1v) is 6.44. The molecule has 0 aliphatic heterocycles. The predicted molar refractivity (Wildman–Crippen MR) is 69.6 cm³/mol. The summed E-state index contributed by atoms with van der Waals surface area (Å²) in [6.45, 7) is 2.83. The van der Waals surface area contributed by atoms with Gasteiger partial charge in [0.05, 0.1) is 10.7 Å². The number of rotatable bonds is 4. The minimum absolute atomic E-state index is 0.405. The Hall–Kier alpha value is -1.19. The molecule has 0 aliphatic rings. The number of aromatic nitrogens is 1. The standard InChI is InChI=1S/C13H16N2S/c1-2-10(8-14)13-15-12(9-16-13)11-6-4-3-5-7-11/h3-7,9-10H,2,8,14H2,1H3. The molecule has 0 bridgehead atoms. The Morgan fingerprint density at radius 3 is 2.69 bits per heavy atom. The van der Waals surface area contributed by atoms with Crippen LogP contribution < -0.4 is 5.73 Å². The Bertz CT molecular complexity index is 432. The van der Waals surface area contributed by atoms with E-state index in [1.807, 2.05) is 18.2 Å². The zero-order valence-electron chi connectivity index (χ0n) is 9.39. The van der Waals surface area contributed by atoms with Crippen LogP contribution in [0.25, 0.3) is 11.3 Å². The molecule has 2 nitrogen and oxygen atoms in total. The molecule has 0 saturated heterocycles. The predicted octanol–water partition coefficient (Wildman–Crippen LogP) is 3.26. The van der Waals surface area contributed by atoms with Crippen LogP contribution in [0.5, 0.6) is 0 Å². The van der Waals surface area contributed by atoms with Crippen LogP contribution in [0.15, 0.2) is 35.7 Å². The topological polar surface area (TPSA) is 38.9 Å². The SMILES string of the molecule is CCC(CN)c1nc(-c2ccccc2)cs1. The smallest absolute Gasteiger partial charge is 0.0976 e. The summed E-state index contributed by atoms with van der Waals surface area (Å²) in [6.07, 6.45) is 1.05. The van der Waals surface area contributed by atoms with Crippen molar-refractivity contribution in [3.63, 3.8) is 0 Å². The van der Waals surface area contributed by atoms with Crippen molar-refractivity contribution < 1.29 is 0 Å². The van der Waals surface area contributed by atoms with E-state index in [9.17, 15) is 0 Å². The number of hydrogen-bond acceptors (Lipinski definition) is 3. The van der Waals surface area contributed by atoms with E-state index in [-0.39, 0.29) is 0 Å². The molecule has 0 spiro atoms. The van der Waals surface area contributed by atoms with Gasteiger partial charge in [0.1, 0.15) is 0 Å². The summed E-state index contributed by atoms with van der Waals surface area (Å²) in [5.41, 5.74) is 7.97. The summed E-state index contributed by atoms with van der Waals surface area (Å²) in [5.74, 6) is 0.405. The monoisotopic (exact) mass is 232 g/mol. The van der Waals surface area contributed by atoms with Crippen LogP contribution in [-0.2, 0) is 0 Å². The molecule has 2 rings (SSSR count). The molecule has 1 aromatic heterocycles. The molecule has 3 heteroatoms. The summed E-state index contributed by atoms with van der Waals surface area (Å²) in [7, 11) is 0. The number of benzene rings is 1. The van der Waals surface area contributed by atoms with E-state index in [2.05, 4.69) is 29.4 Å². The molecule has 1 atom stereocenters. The highest BCUT2D eigenvalue weighted by Gasteiger charge is 2.12. The molecule has 0 radical (unpaired) electrons. The molecule has 1 heterocycles. The molecule has 1 aromatic carbocycles. The lowest BCUT2D eigenvalue weighted by Gasteiger charge is -2.07. The number of thiazole rings is 1. The largest absolute Gasteiger partial charge is 0.330 e. The van der Waals surface area contributed by atoms with E-state index in [0.717, 1.165) is 17.1 Å². The third-order valence-corrected chi connectivity index (χ3v) is 3.73. The summed E-state index contributed by atoms with van der Waals surface area (Å²) in [4.78, 5) is 4.66. The highest BCUT2D eigenvalue weighted by atomic mass is 32.1. The highest BCUT2D eigenvalue weighted by molar-refractivity contribution is 7.10. The van der Waals surface area contributed by atoms with E-state index in [4.69, 9.17) is 5.73 Å². The quantitative estimate of drug-likeness (QED) is 0.878. The maximum Gasteiger partial charge on any atom is 0.0976 e. The maximum atomic E-state index is 5.73. The van der Waals surface area contributed by atoms with Gasteiger partial charge < -0.3 is 5.73 Å². The van der Waals surface area contributed by atoms with Gasteiger partial charge in [-0.3, -0.25) is 0 Å². The van der Waals surface area contributed by atoms with Crippen LogP contribution >= 0.6 is 11.3 Å². The third kappa shape index (κ3) is 2.31. The van der Waals surface area contributed by atoms with Crippen molar-refractivity contribution in [3.8, 4) is 11.3 Å². The third-order valence-electron chi connectivity index (χ3n) is 2.72. The van der Waals surface area contributed by atoms with Crippen molar-refractivity contribution in [3.05, 3.63) is 40.7 Å². The lowest BCUT2D eigenvalue weighted by molar-refractivity contribution is 0.670. The lowest BCUT2D eigenvalue weighted by atomic mass is 10.1. The first-order valence-electron chi connectivity index (χ1n) is 5.56. The van der Waals surface area contributed by atoms with Crippen LogP contribution in [0.2, 0.25) is 0 Å². The van der Waals surface area contributed by atoms with Gasteiger partial charge >= 0.3 is 0 Å². The first kappa shape index (κ1) is 11.3. The van der Waals surface area contributed by atoms with E-state index < -0.39 is 0 Å². The summed E-state index contributed by atoms with van der Waals surface area (Å²) >= 11 is 1.71. The molecule has 0 fully saturated rings. The van der Waals surface area contributed by atoms with Crippen LogP contribution in [0, 0.1) is 0 Å². The van der Waals surface area contributed by atoms with E-state index in [1.54, 1.807) is 11.3 Å². The van der Waals surface area contributed by atoms with Crippen molar-refractivity contribution in [2.45, 2.75) is 19.3 Å². The van der Waals surface area contributed by atoms with Gasteiger partial charge in [0.15, 0.2) is 0 Å².